The normalized spacial score (nSPS) is 19.6. The molecule has 0 aliphatic carbocycles. The van der Waals surface area contributed by atoms with E-state index in [1.54, 1.807) is 0 Å². The second kappa shape index (κ2) is 5.19. The Morgan fingerprint density at radius 2 is 1.76 bits per heavy atom. The molecule has 1 fully saturated rings. The predicted molar refractivity (Wildman–Crippen MR) is 80.7 cm³/mol. The predicted octanol–water partition coefficient (Wildman–Crippen LogP) is 2.35. The molecule has 0 unspecified atom stereocenters. The van der Waals surface area contributed by atoms with Crippen LogP contribution in [0.2, 0.25) is 5.02 Å². The van der Waals surface area contributed by atoms with Crippen LogP contribution in [0.4, 0.5) is 0 Å². The molecule has 1 aromatic rings. The van der Waals surface area contributed by atoms with E-state index in [0.29, 0.717) is 10.5 Å². The third-order valence-corrected chi connectivity index (χ3v) is 4.38. The van der Waals surface area contributed by atoms with Crippen molar-refractivity contribution in [1.29, 1.82) is 0 Å². The number of hydrogen-bond donors (Lipinski definition) is 1. The minimum atomic E-state index is -1.10. The maximum Gasteiger partial charge on any atom is 0.496 e. The summed E-state index contributed by atoms with van der Waals surface area (Å²) in [4.78, 5) is 11.3. The number of hydrogen-bond acceptors (Lipinski definition) is 4. The van der Waals surface area contributed by atoms with E-state index < -0.39 is 24.3 Å². The van der Waals surface area contributed by atoms with E-state index in [1.165, 1.54) is 19.2 Å². The second-order valence-corrected chi connectivity index (χ2v) is 6.37. The van der Waals surface area contributed by atoms with Crippen LogP contribution in [0.15, 0.2) is 12.1 Å². The van der Waals surface area contributed by atoms with E-state index >= 15 is 0 Å². The summed E-state index contributed by atoms with van der Waals surface area (Å²) in [5, 5.41) is 9.60. The maximum absolute atomic E-state index is 11.3. The highest BCUT2D eigenvalue weighted by Gasteiger charge is 2.52. The van der Waals surface area contributed by atoms with Crippen LogP contribution in [-0.2, 0) is 9.31 Å². The Balaban J connectivity index is 2.47. The van der Waals surface area contributed by atoms with Gasteiger partial charge in [0.05, 0.1) is 18.3 Å². The maximum atomic E-state index is 11.3. The Labute approximate surface area is 129 Å². The third kappa shape index (κ3) is 2.75. The molecule has 1 N–H and O–H groups in total. The Kier molecular flexibility index (Phi) is 3.99. The van der Waals surface area contributed by atoms with Crippen molar-refractivity contribution in [3.63, 3.8) is 0 Å². The standard InChI is InChI=1S/C14H18BClO5/c1-13(2)14(3,4)21-15(20-13)9-6-8(12(17)18)11(19-5)7-10(9)16/h6-7H,1-5H3,(H,17,18). The molecule has 1 aromatic carbocycles. The van der Waals surface area contributed by atoms with Gasteiger partial charge in [-0.05, 0) is 39.8 Å². The average molecular weight is 313 g/mol. The highest BCUT2D eigenvalue weighted by atomic mass is 35.5. The molecule has 7 heteroatoms. The van der Waals surface area contributed by atoms with Gasteiger partial charge in [0.2, 0.25) is 0 Å². The summed E-state index contributed by atoms with van der Waals surface area (Å²) in [6, 6.07) is 2.90. The summed E-state index contributed by atoms with van der Waals surface area (Å²) < 4.78 is 16.8. The molecule has 0 saturated carbocycles. The van der Waals surface area contributed by atoms with Gasteiger partial charge in [0.15, 0.2) is 0 Å². The average Bonchev–Trinajstić information content (AvgIpc) is 2.57. The number of benzene rings is 1. The fourth-order valence-electron chi connectivity index (χ4n) is 2.06. The first-order chi connectivity index (χ1) is 9.59. The number of carboxylic acid groups (broad SMARTS) is 1. The lowest BCUT2D eigenvalue weighted by Crippen LogP contribution is -2.41. The quantitative estimate of drug-likeness (QED) is 0.868. The molecular weight excluding hydrogens is 294 g/mol. The highest BCUT2D eigenvalue weighted by Crippen LogP contribution is 2.37. The minimum absolute atomic E-state index is 0.0200. The van der Waals surface area contributed by atoms with Crippen LogP contribution in [0.1, 0.15) is 38.1 Å². The van der Waals surface area contributed by atoms with E-state index in [-0.39, 0.29) is 11.3 Å². The Hall–Kier alpha value is -1.24. The van der Waals surface area contributed by atoms with Gasteiger partial charge in [-0.3, -0.25) is 0 Å². The van der Waals surface area contributed by atoms with Crippen LogP contribution in [0, 0.1) is 0 Å². The zero-order chi connectivity index (χ0) is 16.0. The molecule has 0 bridgehead atoms. The summed E-state index contributed by atoms with van der Waals surface area (Å²) in [5.74, 6) is -0.894. The first-order valence-corrected chi connectivity index (χ1v) is 6.93. The molecule has 0 radical (unpaired) electrons. The lowest BCUT2D eigenvalue weighted by molar-refractivity contribution is 0.00578. The topological polar surface area (TPSA) is 65.0 Å². The Morgan fingerprint density at radius 3 is 2.19 bits per heavy atom. The number of ether oxygens (including phenoxy) is 1. The molecule has 0 atom stereocenters. The summed E-state index contributed by atoms with van der Waals surface area (Å²) in [6.45, 7) is 7.68. The molecule has 1 aliphatic rings. The van der Waals surface area contributed by atoms with Crippen molar-refractivity contribution in [3.8, 4) is 5.75 Å². The molecule has 0 aromatic heterocycles. The monoisotopic (exact) mass is 312 g/mol. The molecule has 0 amide bonds. The van der Waals surface area contributed by atoms with Gasteiger partial charge < -0.3 is 19.2 Å². The SMILES string of the molecule is COc1cc(Cl)c(B2OC(C)(C)C(C)(C)O2)cc1C(=O)O. The number of carbonyl (C=O) groups is 1. The smallest absolute Gasteiger partial charge is 0.496 e. The molecule has 21 heavy (non-hydrogen) atoms. The minimum Gasteiger partial charge on any atom is -0.496 e. The van der Waals surface area contributed by atoms with Crippen molar-refractivity contribution in [2.75, 3.05) is 7.11 Å². The summed E-state index contributed by atoms with van der Waals surface area (Å²) in [7, 11) is 0.679. The molecular formula is C14H18BClO5. The fraction of sp³-hybridized carbons (Fsp3) is 0.500. The lowest BCUT2D eigenvalue weighted by Gasteiger charge is -2.32. The highest BCUT2D eigenvalue weighted by molar-refractivity contribution is 6.65. The molecule has 1 heterocycles. The molecule has 0 spiro atoms. The molecule has 114 valence electrons. The van der Waals surface area contributed by atoms with E-state index in [1.807, 2.05) is 27.7 Å². The van der Waals surface area contributed by atoms with E-state index in [2.05, 4.69) is 0 Å². The number of methoxy groups -OCH3 is 1. The van der Waals surface area contributed by atoms with Crippen molar-refractivity contribution in [2.24, 2.45) is 0 Å². The van der Waals surface area contributed by atoms with Crippen LogP contribution in [0.3, 0.4) is 0 Å². The molecule has 1 saturated heterocycles. The van der Waals surface area contributed by atoms with Gasteiger partial charge in [0.1, 0.15) is 11.3 Å². The fourth-order valence-corrected chi connectivity index (χ4v) is 2.30. The Bertz CT molecular complexity index is 569. The largest absolute Gasteiger partial charge is 0.496 e. The lowest BCUT2D eigenvalue weighted by atomic mass is 9.78. The van der Waals surface area contributed by atoms with Crippen molar-refractivity contribution in [1.82, 2.24) is 0 Å². The van der Waals surface area contributed by atoms with Gasteiger partial charge in [0.25, 0.3) is 0 Å². The van der Waals surface area contributed by atoms with Crippen LogP contribution < -0.4 is 10.2 Å². The van der Waals surface area contributed by atoms with Gasteiger partial charge >= 0.3 is 13.1 Å². The zero-order valence-corrected chi connectivity index (χ0v) is 13.4. The van der Waals surface area contributed by atoms with Gasteiger partial charge in [-0.1, -0.05) is 11.6 Å². The number of aromatic carboxylic acids is 1. The number of carboxylic acids is 1. The molecule has 1 aliphatic heterocycles. The van der Waals surface area contributed by atoms with E-state index in [4.69, 9.17) is 25.6 Å². The van der Waals surface area contributed by atoms with Crippen molar-refractivity contribution in [2.45, 2.75) is 38.9 Å². The van der Waals surface area contributed by atoms with Crippen LogP contribution in [-0.4, -0.2) is 36.5 Å². The van der Waals surface area contributed by atoms with Crippen molar-refractivity contribution < 1.29 is 23.9 Å². The van der Waals surface area contributed by atoms with Gasteiger partial charge in [-0.15, -0.1) is 0 Å². The second-order valence-electron chi connectivity index (χ2n) is 5.97. The van der Waals surface area contributed by atoms with E-state index in [9.17, 15) is 9.90 Å². The summed E-state index contributed by atoms with van der Waals surface area (Å²) >= 11 is 6.22. The first kappa shape index (κ1) is 16.1. The van der Waals surface area contributed by atoms with Gasteiger partial charge in [-0.2, -0.15) is 0 Å². The van der Waals surface area contributed by atoms with Crippen LogP contribution >= 0.6 is 11.6 Å². The Morgan fingerprint density at radius 1 is 1.24 bits per heavy atom. The summed E-state index contributed by atoms with van der Waals surface area (Å²) in [5.41, 5.74) is -0.547. The third-order valence-electron chi connectivity index (χ3n) is 4.06. The van der Waals surface area contributed by atoms with Crippen molar-refractivity contribution in [3.05, 3.63) is 22.7 Å². The van der Waals surface area contributed by atoms with Crippen LogP contribution in [0.5, 0.6) is 5.75 Å². The van der Waals surface area contributed by atoms with Gasteiger partial charge in [-0.25, -0.2) is 4.79 Å². The zero-order valence-electron chi connectivity index (χ0n) is 12.7. The van der Waals surface area contributed by atoms with Crippen LogP contribution in [0.25, 0.3) is 0 Å². The van der Waals surface area contributed by atoms with Gasteiger partial charge in [0, 0.05) is 10.5 Å². The first-order valence-electron chi connectivity index (χ1n) is 6.55. The number of halogens is 1. The van der Waals surface area contributed by atoms with Crippen molar-refractivity contribution >= 4 is 30.2 Å². The number of rotatable bonds is 3. The van der Waals surface area contributed by atoms with E-state index in [0.717, 1.165) is 0 Å². The summed E-state index contributed by atoms with van der Waals surface area (Å²) in [6.07, 6.45) is 0. The molecule has 2 rings (SSSR count). The molecule has 5 nitrogen and oxygen atoms in total.